The van der Waals surface area contributed by atoms with Crippen LogP contribution >= 0.6 is 0 Å². The summed E-state index contributed by atoms with van der Waals surface area (Å²) in [5, 5.41) is 11.4. The quantitative estimate of drug-likeness (QED) is 0.875. The number of halogens is 3. The minimum absolute atomic E-state index is 0.131. The van der Waals surface area contributed by atoms with Crippen LogP contribution in [0.1, 0.15) is 0 Å². The van der Waals surface area contributed by atoms with Gasteiger partial charge in [-0.25, -0.2) is 0 Å². The topological polar surface area (TPSA) is 67.8 Å². The van der Waals surface area contributed by atoms with Crippen LogP contribution in [0.25, 0.3) is 0 Å². The molecule has 2 N–H and O–H groups in total. The maximum Gasteiger partial charge on any atom is 0.453 e. The molecule has 0 aliphatic carbocycles. The molecular formula is C12H10F3NO4. The fourth-order valence-electron chi connectivity index (χ4n) is 1.57. The molecule has 0 saturated heterocycles. The first kappa shape index (κ1) is 14.0. The number of phenolic OH excluding ortho intramolecular Hbond substituents is 1. The van der Waals surface area contributed by atoms with Crippen molar-refractivity contribution in [3.63, 3.8) is 0 Å². The van der Waals surface area contributed by atoms with Gasteiger partial charge in [0.05, 0.1) is 0 Å². The Morgan fingerprint density at radius 1 is 1.25 bits per heavy atom. The van der Waals surface area contributed by atoms with Crippen LogP contribution < -0.4 is 5.32 Å². The molecule has 1 aliphatic heterocycles. The molecule has 0 spiro atoms. The average Bonchev–Trinajstić information content (AvgIpc) is 2.37. The Morgan fingerprint density at radius 3 is 2.60 bits per heavy atom. The smallest absolute Gasteiger partial charge is 0.453 e. The fraction of sp³-hybridized carbons (Fsp3) is 0.250. The summed E-state index contributed by atoms with van der Waals surface area (Å²) in [6.45, 7) is -0.430. The third-order valence-electron chi connectivity index (χ3n) is 2.35. The van der Waals surface area contributed by atoms with Crippen LogP contribution in [0.5, 0.6) is 5.75 Å². The second-order valence-corrected chi connectivity index (χ2v) is 3.86. The summed E-state index contributed by atoms with van der Waals surface area (Å²) < 4.78 is 47.2. The molecule has 1 aromatic carbocycles. The number of anilines is 1. The van der Waals surface area contributed by atoms with Gasteiger partial charge in [0.2, 0.25) is 11.5 Å². The number of rotatable bonds is 2. The van der Waals surface area contributed by atoms with Crippen molar-refractivity contribution in [2.75, 3.05) is 18.5 Å². The third-order valence-corrected chi connectivity index (χ3v) is 2.35. The van der Waals surface area contributed by atoms with Crippen LogP contribution in [0.4, 0.5) is 18.9 Å². The number of hydrogen-bond acceptors (Lipinski definition) is 4. The fourth-order valence-corrected chi connectivity index (χ4v) is 1.57. The highest BCUT2D eigenvalue weighted by Gasteiger charge is 2.43. The molecule has 108 valence electrons. The minimum atomic E-state index is -4.81. The van der Waals surface area contributed by atoms with Gasteiger partial charge in [-0.05, 0) is 12.1 Å². The Labute approximate surface area is 111 Å². The first-order valence-electron chi connectivity index (χ1n) is 5.55. The zero-order chi connectivity index (χ0) is 14.8. The summed E-state index contributed by atoms with van der Waals surface area (Å²) in [5.41, 5.74) is 0.137. The van der Waals surface area contributed by atoms with Gasteiger partial charge < -0.3 is 19.9 Å². The van der Waals surface area contributed by atoms with Gasteiger partial charge in [-0.3, -0.25) is 4.79 Å². The van der Waals surface area contributed by atoms with E-state index in [1.807, 2.05) is 0 Å². The van der Waals surface area contributed by atoms with Gasteiger partial charge in [0.25, 0.3) is 5.91 Å². The molecule has 0 unspecified atom stereocenters. The second-order valence-electron chi connectivity index (χ2n) is 3.86. The van der Waals surface area contributed by atoms with Crippen molar-refractivity contribution in [3.05, 3.63) is 35.8 Å². The lowest BCUT2D eigenvalue weighted by atomic mass is 10.2. The minimum Gasteiger partial charge on any atom is -0.508 e. The summed E-state index contributed by atoms with van der Waals surface area (Å²) in [7, 11) is 0. The Kier molecular flexibility index (Phi) is 3.73. The summed E-state index contributed by atoms with van der Waals surface area (Å²) in [6, 6.07) is 5.39. The third kappa shape index (κ3) is 3.14. The Hall–Kier alpha value is -2.38. The van der Waals surface area contributed by atoms with Crippen LogP contribution in [0.2, 0.25) is 0 Å². The summed E-state index contributed by atoms with van der Waals surface area (Å²) in [5.74, 6) is -3.61. The van der Waals surface area contributed by atoms with E-state index in [4.69, 9.17) is 4.74 Å². The van der Waals surface area contributed by atoms with E-state index in [2.05, 4.69) is 10.1 Å². The van der Waals surface area contributed by atoms with E-state index in [9.17, 15) is 23.1 Å². The van der Waals surface area contributed by atoms with Gasteiger partial charge >= 0.3 is 6.18 Å². The van der Waals surface area contributed by atoms with E-state index >= 15 is 0 Å². The van der Waals surface area contributed by atoms with Crippen molar-refractivity contribution in [1.82, 2.24) is 0 Å². The van der Waals surface area contributed by atoms with E-state index in [1.54, 1.807) is 0 Å². The van der Waals surface area contributed by atoms with E-state index < -0.39 is 23.6 Å². The van der Waals surface area contributed by atoms with Crippen molar-refractivity contribution in [2.24, 2.45) is 0 Å². The molecule has 0 fully saturated rings. The van der Waals surface area contributed by atoms with Gasteiger partial charge in [-0.15, -0.1) is 0 Å². The monoisotopic (exact) mass is 289 g/mol. The number of hydrogen-bond donors (Lipinski definition) is 2. The predicted octanol–water partition coefficient (Wildman–Crippen LogP) is 2.15. The maximum atomic E-state index is 12.7. The number of ether oxygens (including phenoxy) is 2. The number of phenols is 1. The van der Waals surface area contributed by atoms with Crippen LogP contribution in [-0.4, -0.2) is 30.4 Å². The molecule has 8 heteroatoms. The number of carbonyl (C=O) groups excluding carboxylic acids is 1. The second kappa shape index (κ2) is 5.32. The van der Waals surface area contributed by atoms with E-state index in [-0.39, 0.29) is 24.7 Å². The number of allylic oxidation sites excluding steroid dienone is 1. The van der Waals surface area contributed by atoms with Crippen LogP contribution in [-0.2, 0) is 14.3 Å². The lowest BCUT2D eigenvalue weighted by molar-refractivity contribution is -0.151. The number of nitrogens with one attached hydrogen (secondary N) is 1. The zero-order valence-electron chi connectivity index (χ0n) is 10.0. The zero-order valence-corrected chi connectivity index (χ0v) is 10.0. The Morgan fingerprint density at radius 2 is 1.95 bits per heavy atom. The molecular weight excluding hydrogens is 279 g/mol. The predicted molar refractivity (Wildman–Crippen MR) is 61.7 cm³/mol. The van der Waals surface area contributed by atoms with Gasteiger partial charge in [0, 0.05) is 11.8 Å². The standard InChI is InChI=1S/C12H10F3NO4/c13-12(14,15)10-9(19-4-5-20-10)11(18)16-7-2-1-3-8(17)6-7/h1-3,6,17H,4-5H2,(H,16,18). The van der Waals surface area contributed by atoms with Crippen molar-refractivity contribution in [3.8, 4) is 5.75 Å². The molecule has 0 aromatic heterocycles. The van der Waals surface area contributed by atoms with Crippen LogP contribution in [0.15, 0.2) is 35.8 Å². The van der Waals surface area contributed by atoms with Gasteiger partial charge in [0.1, 0.15) is 19.0 Å². The molecule has 1 aliphatic rings. The van der Waals surface area contributed by atoms with E-state index in [0.29, 0.717) is 0 Å². The molecule has 0 saturated carbocycles. The molecule has 1 aromatic rings. The van der Waals surface area contributed by atoms with Crippen molar-refractivity contribution < 1.29 is 32.5 Å². The highest BCUT2D eigenvalue weighted by Crippen LogP contribution is 2.32. The van der Waals surface area contributed by atoms with Gasteiger partial charge in [0.15, 0.2) is 0 Å². The molecule has 0 radical (unpaired) electrons. The van der Waals surface area contributed by atoms with Gasteiger partial charge in [-0.1, -0.05) is 6.07 Å². The molecule has 1 amide bonds. The van der Waals surface area contributed by atoms with E-state index in [0.717, 1.165) is 0 Å². The number of amides is 1. The first-order valence-corrected chi connectivity index (χ1v) is 5.55. The van der Waals surface area contributed by atoms with Crippen molar-refractivity contribution in [2.45, 2.75) is 6.18 Å². The number of benzene rings is 1. The lowest BCUT2D eigenvalue weighted by Crippen LogP contribution is -2.30. The maximum absolute atomic E-state index is 12.7. The first-order chi connectivity index (χ1) is 9.38. The molecule has 5 nitrogen and oxygen atoms in total. The Bertz CT molecular complexity index is 554. The van der Waals surface area contributed by atoms with Crippen molar-refractivity contribution in [1.29, 1.82) is 0 Å². The highest BCUT2D eigenvalue weighted by molar-refractivity contribution is 6.02. The van der Waals surface area contributed by atoms with Crippen LogP contribution in [0, 0.1) is 0 Å². The Balaban J connectivity index is 2.24. The SMILES string of the molecule is O=C(Nc1cccc(O)c1)C1=C(C(F)(F)F)OCCO1. The molecule has 20 heavy (non-hydrogen) atoms. The summed E-state index contributed by atoms with van der Waals surface area (Å²) >= 11 is 0. The summed E-state index contributed by atoms with van der Waals surface area (Å²) in [6.07, 6.45) is -4.81. The normalized spacial score (nSPS) is 15.3. The average molecular weight is 289 g/mol. The number of alkyl halides is 3. The van der Waals surface area contributed by atoms with Crippen LogP contribution in [0.3, 0.4) is 0 Å². The lowest BCUT2D eigenvalue weighted by Gasteiger charge is -2.22. The van der Waals surface area contributed by atoms with E-state index in [1.165, 1.54) is 24.3 Å². The van der Waals surface area contributed by atoms with Crippen molar-refractivity contribution >= 4 is 11.6 Å². The molecule has 0 atom stereocenters. The largest absolute Gasteiger partial charge is 0.508 e. The molecule has 1 heterocycles. The number of carbonyl (C=O) groups is 1. The molecule has 2 rings (SSSR count). The van der Waals surface area contributed by atoms with Gasteiger partial charge in [-0.2, -0.15) is 13.2 Å². The molecule has 0 bridgehead atoms. The summed E-state index contributed by atoms with van der Waals surface area (Å²) in [4.78, 5) is 11.8. The number of aromatic hydroxyl groups is 1. The highest BCUT2D eigenvalue weighted by atomic mass is 19.4.